The second kappa shape index (κ2) is 2.67. The van der Waals surface area contributed by atoms with Gasteiger partial charge in [-0.1, -0.05) is 37.3 Å². The van der Waals surface area contributed by atoms with E-state index >= 15 is 0 Å². The van der Waals surface area contributed by atoms with Gasteiger partial charge in [-0.15, -0.1) is 0 Å². The maximum atomic E-state index is 5.22. The van der Waals surface area contributed by atoms with Gasteiger partial charge in [-0.25, -0.2) is 0 Å². The van der Waals surface area contributed by atoms with Crippen LogP contribution in [-0.4, -0.2) is 12.7 Å². The molecule has 11 heavy (non-hydrogen) atoms. The lowest BCUT2D eigenvalue weighted by Crippen LogP contribution is -2.00. The summed E-state index contributed by atoms with van der Waals surface area (Å²) in [5.74, 6) is 0.566. The normalized spacial score (nSPS) is 24.6. The highest BCUT2D eigenvalue weighted by molar-refractivity contribution is 5.20. The predicted molar refractivity (Wildman–Crippen MR) is 44.6 cm³/mol. The molecule has 1 heterocycles. The Labute approximate surface area is 67.0 Å². The molecule has 1 heteroatoms. The molecule has 1 aromatic rings. The summed E-state index contributed by atoms with van der Waals surface area (Å²) in [4.78, 5) is 0. The van der Waals surface area contributed by atoms with Crippen LogP contribution in [-0.2, 0) is 4.74 Å². The van der Waals surface area contributed by atoms with Gasteiger partial charge in [0.25, 0.3) is 0 Å². The van der Waals surface area contributed by atoms with Gasteiger partial charge in [-0.3, -0.25) is 0 Å². The Kier molecular flexibility index (Phi) is 1.66. The zero-order valence-electron chi connectivity index (χ0n) is 6.66. The summed E-state index contributed by atoms with van der Waals surface area (Å²) in [5.41, 5.74) is 1.38. The minimum Gasteiger partial charge on any atom is -0.372 e. The zero-order chi connectivity index (χ0) is 7.68. The van der Waals surface area contributed by atoms with E-state index in [9.17, 15) is 0 Å². The summed E-state index contributed by atoms with van der Waals surface area (Å²) >= 11 is 0. The maximum Gasteiger partial charge on any atom is 0.0875 e. The van der Waals surface area contributed by atoms with Gasteiger partial charge in [0.05, 0.1) is 12.7 Å². The van der Waals surface area contributed by atoms with Crippen LogP contribution >= 0.6 is 0 Å². The second-order valence-corrected chi connectivity index (χ2v) is 3.07. The van der Waals surface area contributed by atoms with Crippen LogP contribution < -0.4 is 0 Å². The van der Waals surface area contributed by atoms with Crippen LogP contribution in [0.4, 0.5) is 0 Å². The van der Waals surface area contributed by atoms with E-state index in [1.54, 1.807) is 0 Å². The Bertz CT molecular complexity index is 226. The Hall–Kier alpha value is -0.820. The molecule has 1 fully saturated rings. The molecule has 58 valence electrons. The van der Waals surface area contributed by atoms with Crippen LogP contribution in [0.1, 0.15) is 18.4 Å². The van der Waals surface area contributed by atoms with E-state index in [4.69, 9.17) is 4.74 Å². The maximum absolute atomic E-state index is 5.22. The summed E-state index contributed by atoms with van der Waals surface area (Å²) in [6.45, 7) is 3.16. The molecule has 0 aromatic heterocycles. The van der Waals surface area contributed by atoms with Gasteiger partial charge in [0.15, 0.2) is 0 Å². The minimum atomic E-state index is 0.484. The first kappa shape index (κ1) is 6.86. The molecular formula is C10H12O. The van der Waals surface area contributed by atoms with Crippen LogP contribution in [0.2, 0.25) is 0 Å². The Balaban J connectivity index is 2.15. The molecule has 1 aromatic carbocycles. The van der Waals surface area contributed by atoms with Crippen LogP contribution in [0, 0.1) is 0 Å². The van der Waals surface area contributed by atoms with Crippen molar-refractivity contribution in [3.8, 4) is 0 Å². The van der Waals surface area contributed by atoms with Gasteiger partial charge in [0.1, 0.15) is 0 Å². The second-order valence-electron chi connectivity index (χ2n) is 3.07. The molecule has 1 aliphatic rings. The van der Waals surface area contributed by atoms with Crippen molar-refractivity contribution in [2.75, 3.05) is 6.61 Å². The summed E-state index contributed by atoms with van der Waals surface area (Å²) in [6.07, 6.45) is 0.484. The van der Waals surface area contributed by atoms with Crippen molar-refractivity contribution >= 4 is 0 Å². The number of hydrogen-bond acceptors (Lipinski definition) is 1. The standard InChI is InChI=1S/C10H12O/c1-8(10-7-11-10)9-5-3-2-4-6-9/h2-6,8,10H,7H2,1H3/t8?,10-/m0/s1. The van der Waals surface area contributed by atoms with E-state index in [1.165, 1.54) is 5.56 Å². The van der Waals surface area contributed by atoms with Crippen molar-refractivity contribution in [3.63, 3.8) is 0 Å². The lowest BCUT2D eigenvalue weighted by molar-refractivity contribution is 0.382. The molecule has 0 radical (unpaired) electrons. The van der Waals surface area contributed by atoms with E-state index < -0.39 is 0 Å². The Morgan fingerprint density at radius 3 is 2.55 bits per heavy atom. The van der Waals surface area contributed by atoms with Gasteiger partial charge < -0.3 is 4.74 Å². The molecule has 1 nitrogen and oxygen atoms in total. The number of hydrogen-bond donors (Lipinski definition) is 0. The Morgan fingerprint density at radius 2 is 2.00 bits per heavy atom. The van der Waals surface area contributed by atoms with Crippen LogP contribution in [0.25, 0.3) is 0 Å². The molecule has 1 aliphatic heterocycles. The van der Waals surface area contributed by atoms with Crippen LogP contribution in [0.5, 0.6) is 0 Å². The van der Waals surface area contributed by atoms with E-state index in [1.807, 2.05) is 6.07 Å². The fourth-order valence-electron chi connectivity index (χ4n) is 1.32. The first-order chi connectivity index (χ1) is 5.38. The summed E-state index contributed by atoms with van der Waals surface area (Å²) < 4.78 is 5.22. The van der Waals surface area contributed by atoms with Crippen molar-refractivity contribution < 1.29 is 4.74 Å². The molecule has 1 unspecified atom stereocenters. The lowest BCUT2D eigenvalue weighted by Gasteiger charge is -2.06. The fourth-order valence-corrected chi connectivity index (χ4v) is 1.32. The van der Waals surface area contributed by atoms with Crippen molar-refractivity contribution in [3.05, 3.63) is 35.9 Å². The molecule has 1 saturated heterocycles. The third kappa shape index (κ3) is 1.43. The number of benzene rings is 1. The molecule has 0 bridgehead atoms. The third-order valence-corrected chi connectivity index (χ3v) is 2.24. The van der Waals surface area contributed by atoms with Gasteiger partial charge in [-0.05, 0) is 5.56 Å². The quantitative estimate of drug-likeness (QED) is 0.586. The largest absolute Gasteiger partial charge is 0.372 e. The first-order valence-electron chi connectivity index (χ1n) is 4.04. The molecule has 2 atom stereocenters. The Morgan fingerprint density at radius 1 is 1.36 bits per heavy atom. The lowest BCUT2D eigenvalue weighted by atomic mass is 9.99. The molecule has 0 saturated carbocycles. The molecule has 0 amide bonds. The molecular weight excluding hydrogens is 136 g/mol. The third-order valence-electron chi connectivity index (χ3n) is 2.24. The van der Waals surface area contributed by atoms with Gasteiger partial charge in [-0.2, -0.15) is 0 Å². The summed E-state index contributed by atoms with van der Waals surface area (Å²) in [5, 5.41) is 0. The SMILES string of the molecule is CC(c1ccccc1)[C@@H]1CO1. The molecule has 0 spiro atoms. The van der Waals surface area contributed by atoms with Crippen molar-refractivity contribution in [1.82, 2.24) is 0 Å². The number of epoxide rings is 1. The molecule has 0 aliphatic carbocycles. The number of ether oxygens (including phenoxy) is 1. The topological polar surface area (TPSA) is 12.5 Å². The average Bonchev–Trinajstić information content (AvgIpc) is 2.87. The van der Waals surface area contributed by atoms with Gasteiger partial charge in [0, 0.05) is 5.92 Å². The van der Waals surface area contributed by atoms with Crippen molar-refractivity contribution in [2.24, 2.45) is 0 Å². The monoisotopic (exact) mass is 148 g/mol. The fraction of sp³-hybridized carbons (Fsp3) is 0.400. The van der Waals surface area contributed by atoms with Crippen LogP contribution in [0.3, 0.4) is 0 Å². The highest BCUT2D eigenvalue weighted by atomic mass is 16.6. The van der Waals surface area contributed by atoms with Crippen molar-refractivity contribution in [1.29, 1.82) is 0 Å². The van der Waals surface area contributed by atoms with Gasteiger partial charge in [0.2, 0.25) is 0 Å². The highest BCUT2D eigenvalue weighted by Gasteiger charge is 2.29. The van der Waals surface area contributed by atoms with E-state index in [0.29, 0.717) is 12.0 Å². The predicted octanol–water partition coefficient (Wildman–Crippen LogP) is 2.19. The van der Waals surface area contributed by atoms with Crippen molar-refractivity contribution in [2.45, 2.75) is 18.9 Å². The molecule has 2 rings (SSSR count). The van der Waals surface area contributed by atoms with E-state index in [2.05, 4.69) is 31.2 Å². The van der Waals surface area contributed by atoms with Gasteiger partial charge >= 0.3 is 0 Å². The average molecular weight is 148 g/mol. The summed E-state index contributed by atoms with van der Waals surface area (Å²) in [7, 11) is 0. The summed E-state index contributed by atoms with van der Waals surface area (Å²) in [6, 6.07) is 10.5. The minimum absolute atomic E-state index is 0.484. The van der Waals surface area contributed by atoms with E-state index in [0.717, 1.165) is 6.61 Å². The van der Waals surface area contributed by atoms with E-state index in [-0.39, 0.29) is 0 Å². The van der Waals surface area contributed by atoms with Crippen LogP contribution in [0.15, 0.2) is 30.3 Å². The first-order valence-corrected chi connectivity index (χ1v) is 4.04. The smallest absolute Gasteiger partial charge is 0.0875 e. The molecule has 0 N–H and O–H groups in total. The zero-order valence-corrected chi connectivity index (χ0v) is 6.66. The highest BCUT2D eigenvalue weighted by Crippen LogP contribution is 2.28. The number of rotatable bonds is 2.